The SMILES string of the molecule is COc1ccc(CCn2c(O)c(C(=O)c3ccc(Br)cc3)c(C)c(C#N)c2=O)cc1OC. The van der Waals surface area contributed by atoms with Crippen LogP contribution in [0.25, 0.3) is 0 Å². The number of ether oxygens (including phenoxy) is 2. The molecule has 0 unspecified atom stereocenters. The second kappa shape index (κ2) is 9.71. The highest BCUT2D eigenvalue weighted by Gasteiger charge is 2.25. The molecule has 164 valence electrons. The molecular weight excluding hydrogens is 476 g/mol. The van der Waals surface area contributed by atoms with Gasteiger partial charge in [0.1, 0.15) is 11.6 Å². The van der Waals surface area contributed by atoms with Crippen LogP contribution in [0.5, 0.6) is 17.4 Å². The number of aryl methyl sites for hydroxylation is 1. The van der Waals surface area contributed by atoms with Crippen molar-refractivity contribution < 1.29 is 19.4 Å². The number of methoxy groups -OCH3 is 2. The predicted octanol–water partition coefficient (Wildman–Crippen LogP) is 3.99. The highest BCUT2D eigenvalue weighted by atomic mass is 79.9. The van der Waals surface area contributed by atoms with Crippen molar-refractivity contribution in [2.45, 2.75) is 19.9 Å². The van der Waals surface area contributed by atoms with Gasteiger partial charge in [-0.3, -0.25) is 14.2 Å². The third-order valence-electron chi connectivity index (χ3n) is 5.21. The Hall–Kier alpha value is -3.57. The first-order chi connectivity index (χ1) is 15.3. The van der Waals surface area contributed by atoms with E-state index >= 15 is 0 Å². The minimum absolute atomic E-state index is 0.0595. The Bertz CT molecular complexity index is 1270. The molecule has 3 aromatic rings. The summed E-state index contributed by atoms with van der Waals surface area (Å²) < 4.78 is 12.4. The molecule has 0 aliphatic carbocycles. The fourth-order valence-corrected chi connectivity index (χ4v) is 3.72. The Labute approximate surface area is 193 Å². The largest absolute Gasteiger partial charge is 0.494 e. The lowest BCUT2D eigenvalue weighted by molar-refractivity contribution is 0.103. The molecule has 0 radical (unpaired) electrons. The molecule has 0 fully saturated rings. The summed E-state index contributed by atoms with van der Waals surface area (Å²) in [7, 11) is 3.06. The molecule has 0 saturated heterocycles. The smallest absolute Gasteiger partial charge is 0.271 e. The summed E-state index contributed by atoms with van der Waals surface area (Å²) in [4.78, 5) is 26.0. The molecule has 1 heterocycles. The van der Waals surface area contributed by atoms with E-state index < -0.39 is 17.2 Å². The van der Waals surface area contributed by atoms with Crippen molar-refractivity contribution in [1.29, 1.82) is 5.26 Å². The van der Waals surface area contributed by atoms with E-state index in [1.807, 2.05) is 12.1 Å². The van der Waals surface area contributed by atoms with E-state index in [-0.39, 0.29) is 23.2 Å². The van der Waals surface area contributed by atoms with E-state index in [0.717, 1.165) is 14.6 Å². The molecular formula is C24H21BrN2O5. The van der Waals surface area contributed by atoms with Crippen LogP contribution in [0.4, 0.5) is 0 Å². The number of hydrogen-bond donors (Lipinski definition) is 1. The van der Waals surface area contributed by atoms with E-state index in [1.165, 1.54) is 21.1 Å². The van der Waals surface area contributed by atoms with Crippen molar-refractivity contribution >= 4 is 21.7 Å². The number of ketones is 1. The van der Waals surface area contributed by atoms with Crippen LogP contribution in [0.3, 0.4) is 0 Å². The Morgan fingerprint density at radius 3 is 2.38 bits per heavy atom. The molecule has 2 aromatic carbocycles. The van der Waals surface area contributed by atoms with Crippen LogP contribution in [-0.2, 0) is 13.0 Å². The van der Waals surface area contributed by atoms with Gasteiger partial charge < -0.3 is 14.6 Å². The highest BCUT2D eigenvalue weighted by Crippen LogP contribution is 2.29. The Morgan fingerprint density at radius 1 is 1.12 bits per heavy atom. The van der Waals surface area contributed by atoms with Gasteiger partial charge >= 0.3 is 0 Å². The van der Waals surface area contributed by atoms with E-state index in [1.54, 1.807) is 36.4 Å². The molecule has 0 atom stereocenters. The number of carbonyl (C=O) groups is 1. The second-order valence-corrected chi connectivity index (χ2v) is 7.96. The summed E-state index contributed by atoms with van der Waals surface area (Å²) >= 11 is 3.32. The van der Waals surface area contributed by atoms with Crippen LogP contribution < -0.4 is 15.0 Å². The van der Waals surface area contributed by atoms with Crippen molar-refractivity contribution in [2.75, 3.05) is 14.2 Å². The van der Waals surface area contributed by atoms with Gasteiger partial charge in [0.2, 0.25) is 5.88 Å². The lowest BCUT2D eigenvalue weighted by Crippen LogP contribution is -2.27. The molecule has 8 heteroatoms. The Kier molecular flexibility index (Phi) is 7.01. The zero-order valence-electron chi connectivity index (χ0n) is 17.8. The molecule has 1 aromatic heterocycles. The molecule has 7 nitrogen and oxygen atoms in total. The topological polar surface area (TPSA) is 102 Å². The number of benzene rings is 2. The summed E-state index contributed by atoms with van der Waals surface area (Å²) in [6.45, 7) is 1.56. The van der Waals surface area contributed by atoms with Crippen molar-refractivity contribution in [2.24, 2.45) is 0 Å². The molecule has 0 amide bonds. The number of halogens is 1. The van der Waals surface area contributed by atoms with E-state index in [0.29, 0.717) is 23.5 Å². The normalized spacial score (nSPS) is 10.5. The number of nitriles is 1. The fraction of sp³-hybridized carbons (Fsp3) is 0.208. The second-order valence-electron chi connectivity index (χ2n) is 7.04. The van der Waals surface area contributed by atoms with Crippen LogP contribution in [0.2, 0.25) is 0 Å². The maximum atomic E-state index is 13.1. The predicted molar refractivity (Wildman–Crippen MR) is 123 cm³/mol. The van der Waals surface area contributed by atoms with Gasteiger partial charge in [0, 0.05) is 16.6 Å². The Balaban J connectivity index is 2.04. The monoisotopic (exact) mass is 496 g/mol. The number of aromatic hydroxyl groups is 1. The first kappa shape index (κ1) is 23.1. The van der Waals surface area contributed by atoms with E-state index in [2.05, 4.69) is 15.9 Å². The summed E-state index contributed by atoms with van der Waals surface area (Å²) in [6, 6.07) is 13.8. The van der Waals surface area contributed by atoms with Crippen LogP contribution in [0.1, 0.15) is 32.6 Å². The summed E-state index contributed by atoms with van der Waals surface area (Å²) in [5.74, 6) is 0.179. The van der Waals surface area contributed by atoms with Crippen LogP contribution in [0.15, 0.2) is 51.7 Å². The zero-order valence-corrected chi connectivity index (χ0v) is 19.4. The molecule has 0 aliphatic heterocycles. The van der Waals surface area contributed by atoms with Gasteiger partial charge in [-0.25, -0.2) is 0 Å². The molecule has 1 N–H and O–H groups in total. The van der Waals surface area contributed by atoms with Gasteiger partial charge in [-0.15, -0.1) is 0 Å². The van der Waals surface area contributed by atoms with Crippen molar-refractivity contribution in [3.8, 4) is 23.4 Å². The standard InChI is InChI=1S/C24H21BrN2O5/c1-14-18(13-26)23(29)27(11-10-15-4-9-19(31-2)20(12-15)32-3)24(30)21(14)22(28)16-5-7-17(25)8-6-16/h4-9,12,30H,10-11H2,1-3H3. The molecule has 0 bridgehead atoms. The molecule has 0 spiro atoms. The van der Waals surface area contributed by atoms with Gasteiger partial charge in [-0.2, -0.15) is 5.26 Å². The summed E-state index contributed by atoms with van der Waals surface area (Å²) in [6.07, 6.45) is 0.355. The first-order valence-corrected chi connectivity index (χ1v) is 10.5. The number of carbonyl (C=O) groups excluding carboxylic acids is 1. The lowest BCUT2D eigenvalue weighted by Gasteiger charge is -2.16. The minimum Gasteiger partial charge on any atom is -0.494 e. The first-order valence-electron chi connectivity index (χ1n) is 9.70. The van der Waals surface area contributed by atoms with Crippen molar-refractivity contribution in [1.82, 2.24) is 4.57 Å². The minimum atomic E-state index is -0.643. The Morgan fingerprint density at radius 2 is 1.78 bits per heavy atom. The summed E-state index contributed by atoms with van der Waals surface area (Å²) in [5.41, 5.74) is 0.446. The third-order valence-corrected chi connectivity index (χ3v) is 5.73. The maximum Gasteiger partial charge on any atom is 0.271 e. The molecule has 0 aliphatic rings. The fourth-order valence-electron chi connectivity index (χ4n) is 3.45. The van der Waals surface area contributed by atoms with Gasteiger partial charge in [-0.05, 0) is 60.9 Å². The number of aromatic nitrogens is 1. The number of hydrogen-bond acceptors (Lipinski definition) is 6. The average molecular weight is 497 g/mol. The maximum absolute atomic E-state index is 13.1. The third kappa shape index (κ3) is 4.39. The van der Waals surface area contributed by atoms with Gasteiger partial charge in [0.05, 0.1) is 19.8 Å². The van der Waals surface area contributed by atoms with E-state index in [4.69, 9.17) is 9.47 Å². The lowest BCUT2D eigenvalue weighted by atomic mass is 9.97. The van der Waals surface area contributed by atoms with Crippen LogP contribution in [-0.4, -0.2) is 29.7 Å². The van der Waals surface area contributed by atoms with Gasteiger partial charge in [0.15, 0.2) is 17.3 Å². The van der Waals surface area contributed by atoms with Crippen LogP contribution in [0, 0.1) is 18.3 Å². The van der Waals surface area contributed by atoms with Gasteiger partial charge in [0.25, 0.3) is 5.56 Å². The molecule has 0 saturated carbocycles. The van der Waals surface area contributed by atoms with Crippen LogP contribution >= 0.6 is 15.9 Å². The number of rotatable bonds is 7. The highest BCUT2D eigenvalue weighted by molar-refractivity contribution is 9.10. The molecule has 3 rings (SSSR count). The molecule has 32 heavy (non-hydrogen) atoms. The quantitative estimate of drug-likeness (QED) is 0.496. The van der Waals surface area contributed by atoms with Crippen molar-refractivity contribution in [3.05, 3.63) is 85.1 Å². The number of pyridine rings is 1. The average Bonchev–Trinajstić information content (AvgIpc) is 2.79. The zero-order chi connectivity index (χ0) is 23.4. The summed E-state index contributed by atoms with van der Waals surface area (Å²) in [5, 5.41) is 20.4. The number of nitrogens with zero attached hydrogens (tertiary/aromatic N) is 2. The van der Waals surface area contributed by atoms with E-state index in [9.17, 15) is 20.0 Å². The van der Waals surface area contributed by atoms with Gasteiger partial charge in [-0.1, -0.05) is 22.0 Å². The van der Waals surface area contributed by atoms with Crippen molar-refractivity contribution in [3.63, 3.8) is 0 Å².